The molecule has 20 heavy (non-hydrogen) atoms. The molecule has 0 saturated heterocycles. The van der Waals surface area contributed by atoms with E-state index < -0.39 is 0 Å². The zero-order chi connectivity index (χ0) is 14.5. The molecule has 0 amide bonds. The fraction of sp³-hybridized carbons (Fsp3) is 0.615. The van der Waals surface area contributed by atoms with Crippen molar-refractivity contribution < 1.29 is 0 Å². The molecule has 110 valence electrons. The van der Waals surface area contributed by atoms with Crippen LogP contribution in [0.25, 0.3) is 0 Å². The molecule has 0 aliphatic heterocycles. The molecule has 0 aliphatic carbocycles. The standard InChI is InChI=1S/C13H21BrN6/c1-4-6-15-7-10-8-20(18-16-10)9-12-13(14)11(5-2)17-19(12)3/h8,15H,4-7,9H2,1-3H3. The lowest BCUT2D eigenvalue weighted by molar-refractivity contribution is 0.597. The molecule has 0 unspecified atom stereocenters. The number of halogens is 1. The average Bonchev–Trinajstić information content (AvgIpc) is 2.99. The van der Waals surface area contributed by atoms with Crippen LogP contribution in [0.4, 0.5) is 0 Å². The van der Waals surface area contributed by atoms with E-state index in [1.165, 1.54) is 0 Å². The first kappa shape index (κ1) is 15.2. The summed E-state index contributed by atoms with van der Waals surface area (Å²) in [6, 6.07) is 0. The smallest absolute Gasteiger partial charge is 0.0964 e. The SMILES string of the molecule is CCCNCc1cn(Cc2c(Br)c(CC)nn2C)nn1. The van der Waals surface area contributed by atoms with Gasteiger partial charge < -0.3 is 5.32 Å². The van der Waals surface area contributed by atoms with Gasteiger partial charge in [-0.15, -0.1) is 5.10 Å². The summed E-state index contributed by atoms with van der Waals surface area (Å²) in [7, 11) is 1.96. The van der Waals surface area contributed by atoms with Crippen LogP contribution in [0.15, 0.2) is 10.7 Å². The van der Waals surface area contributed by atoms with Crippen LogP contribution >= 0.6 is 15.9 Å². The molecule has 2 rings (SSSR count). The summed E-state index contributed by atoms with van der Waals surface area (Å²) in [5.41, 5.74) is 3.15. The van der Waals surface area contributed by atoms with Crippen molar-refractivity contribution in [1.82, 2.24) is 30.1 Å². The van der Waals surface area contributed by atoms with E-state index in [9.17, 15) is 0 Å². The Labute approximate surface area is 127 Å². The molecule has 0 aromatic carbocycles. The average molecular weight is 341 g/mol. The normalized spacial score (nSPS) is 11.2. The molecular weight excluding hydrogens is 320 g/mol. The first-order chi connectivity index (χ1) is 9.65. The van der Waals surface area contributed by atoms with Gasteiger partial charge in [-0.3, -0.25) is 4.68 Å². The molecule has 0 atom stereocenters. The van der Waals surface area contributed by atoms with E-state index in [0.717, 1.165) is 47.5 Å². The Balaban J connectivity index is 2.05. The zero-order valence-electron chi connectivity index (χ0n) is 12.2. The van der Waals surface area contributed by atoms with Gasteiger partial charge in [-0.25, -0.2) is 4.68 Å². The summed E-state index contributed by atoms with van der Waals surface area (Å²) in [6.07, 6.45) is 4.02. The van der Waals surface area contributed by atoms with E-state index in [-0.39, 0.29) is 0 Å². The first-order valence-corrected chi connectivity index (χ1v) is 7.75. The van der Waals surface area contributed by atoms with Crippen LogP contribution in [0, 0.1) is 0 Å². The summed E-state index contributed by atoms with van der Waals surface area (Å²) in [6.45, 7) is 6.68. The maximum atomic E-state index is 4.49. The van der Waals surface area contributed by atoms with Gasteiger partial charge in [0.1, 0.15) is 0 Å². The van der Waals surface area contributed by atoms with E-state index in [1.54, 1.807) is 0 Å². The Bertz CT molecular complexity index is 559. The highest BCUT2D eigenvalue weighted by Gasteiger charge is 2.13. The molecule has 7 heteroatoms. The van der Waals surface area contributed by atoms with Gasteiger partial charge in [0.05, 0.1) is 34.3 Å². The Morgan fingerprint density at radius 2 is 2.15 bits per heavy atom. The summed E-state index contributed by atoms with van der Waals surface area (Å²) in [5, 5.41) is 16.2. The van der Waals surface area contributed by atoms with Crippen molar-refractivity contribution >= 4 is 15.9 Å². The van der Waals surface area contributed by atoms with Crippen LogP contribution in [0.3, 0.4) is 0 Å². The molecule has 2 aromatic heterocycles. The summed E-state index contributed by atoms with van der Waals surface area (Å²) in [5.74, 6) is 0. The van der Waals surface area contributed by atoms with Crippen molar-refractivity contribution in [3.05, 3.63) is 27.8 Å². The van der Waals surface area contributed by atoms with Crippen LogP contribution in [0.5, 0.6) is 0 Å². The minimum atomic E-state index is 0.671. The molecule has 0 spiro atoms. The van der Waals surface area contributed by atoms with Crippen molar-refractivity contribution in [2.24, 2.45) is 7.05 Å². The van der Waals surface area contributed by atoms with Gasteiger partial charge >= 0.3 is 0 Å². The van der Waals surface area contributed by atoms with Crippen molar-refractivity contribution in [3.8, 4) is 0 Å². The van der Waals surface area contributed by atoms with Gasteiger partial charge in [0.25, 0.3) is 0 Å². The third-order valence-electron chi connectivity index (χ3n) is 3.13. The maximum Gasteiger partial charge on any atom is 0.0964 e. The highest BCUT2D eigenvalue weighted by Crippen LogP contribution is 2.22. The predicted octanol–water partition coefficient (Wildman–Crippen LogP) is 1.88. The second-order valence-electron chi connectivity index (χ2n) is 4.77. The monoisotopic (exact) mass is 340 g/mol. The van der Waals surface area contributed by atoms with Gasteiger partial charge in [-0.05, 0) is 35.3 Å². The number of hydrogen-bond donors (Lipinski definition) is 1. The Hall–Kier alpha value is -1.21. The second kappa shape index (κ2) is 6.99. The van der Waals surface area contributed by atoms with E-state index in [4.69, 9.17) is 0 Å². The molecule has 0 saturated carbocycles. The summed E-state index contributed by atoms with van der Waals surface area (Å²) < 4.78 is 4.83. The molecule has 0 bridgehead atoms. The molecular formula is C13H21BrN6. The lowest BCUT2D eigenvalue weighted by Crippen LogP contribution is -2.14. The number of hydrogen-bond acceptors (Lipinski definition) is 4. The fourth-order valence-electron chi connectivity index (χ4n) is 2.04. The molecule has 1 N–H and O–H groups in total. The highest BCUT2D eigenvalue weighted by atomic mass is 79.9. The molecule has 0 radical (unpaired) electrons. The summed E-state index contributed by atoms with van der Waals surface area (Å²) >= 11 is 3.62. The number of aryl methyl sites for hydroxylation is 2. The third-order valence-corrected chi connectivity index (χ3v) is 4.05. The van der Waals surface area contributed by atoms with Gasteiger partial charge in [0, 0.05) is 13.6 Å². The Kier molecular flexibility index (Phi) is 5.31. The number of nitrogens with zero attached hydrogens (tertiary/aromatic N) is 5. The van der Waals surface area contributed by atoms with Crippen LogP contribution in [0.2, 0.25) is 0 Å². The zero-order valence-corrected chi connectivity index (χ0v) is 13.8. The molecule has 2 aromatic rings. The lowest BCUT2D eigenvalue weighted by Gasteiger charge is -2.02. The van der Waals surface area contributed by atoms with Crippen LogP contribution in [-0.2, 0) is 26.6 Å². The minimum Gasteiger partial charge on any atom is -0.311 e. The van der Waals surface area contributed by atoms with Crippen LogP contribution < -0.4 is 5.32 Å². The molecule has 0 fully saturated rings. The number of aromatic nitrogens is 5. The van der Waals surface area contributed by atoms with Gasteiger partial charge in [0.15, 0.2) is 0 Å². The minimum absolute atomic E-state index is 0.671. The van der Waals surface area contributed by atoms with Crippen molar-refractivity contribution in [2.75, 3.05) is 6.54 Å². The van der Waals surface area contributed by atoms with Crippen LogP contribution in [0.1, 0.15) is 37.4 Å². The molecule has 0 aliphatic rings. The molecule has 2 heterocycles. The van der Waals surface area contributed by atoms with E-state index in [1.807, 2.05) is 22.6 Å². The van der Waals surface area contributed by atoms with Gasteiger partial charge in [-0.2, -0.15) is 5.10 Å². The lowest BCUT2D eigenvalue weighted by atomic mass is 10.3. The first-order valence-electron chi connectivity index (χ1n) is 6.95. The van der Waals surface area contributed by atoms with Gasteiger partial charge in [0.2, 0.25) is 0 Å². The highest BCUT2D eigenvalue weighted by molar-refractivity contribution is 9.10. The number of rotatable bonds is 7. The topological polar surface area (TPSA) is 60.6 Å². The Morgan fingerprint density at radius 3 is 2.80 bits per heavy atom. The van der Waals surface area contributed by atoms with E-state index >= 15 is 0 Å². The Morgan fingerprint density at radius 1 is 1.35 bits per heavy atom. The van der Waals surface area contributed by atoms with Crippen molar-refractivity contribution in [1.29, 1.82) is 0 Å². The summed E-state index contributed by atoms with van der Waals surface area (Å²) in [4.78, 5) is 0. The third kappa shape index (κ3) is 3.46. The van der Waals surface area contributed by atoms with E-state index in [0.29, 0.717) is 6.54 Å². The number of nitrogens with one attached hydrogen (secondary N) is 1. The molecule has 6 nitrogen and oxygen atoms in total. The van der Waals surface area contributed by atoms with E-state index in [2.05, 4.69) is 50.5 Å². The largest absolute Gasteiger partial charge is 0.311 e. The van der Waals surface area contributed by atoms with Crippen LogP contribution in [-0.4, -0.2) is 31.3 Å². The fourth-order valence-corrected chi connectivity index (χ4v) is 2.78. The van der Waals surface area contributed by atoms with Gasteiger partial charge in [-0.1, -0.05) is 19.1 Å². The second-order valence-corrected chi connectivity index (χ2v) is 5.56. The predicted molar refractivity (Wildman–Crippen MR) is 81.4 cm³/mol. The quantitative estimate of drug-likeness (QED) is 0.782. The van der Waals surface area contributed by atoms with Crippen molar-refractivity contribution in [2.45, 2.75) is 39.8 Å². The van der Waals surface area contributed by atoms with Crippen molar-refractivity contribution in [3.63, 3.8) is 0 Å². The maximum absolute atomic E-state index is 4.49.